The fourth-order valence-corrected chi connectivity index (χ4v) is 4.02. The highest BCUT2D eigenvalue weighted by atomic mass is 16.2. The topological polar surface area (TPSA) is 61.1 Å². The summed E-state index contributed by atoms with van der Waals surface area (Å²) in [7, 11) is 1.69. The molecule has 0 unspecified atom stereocenters. The van der Waals surface area contributed by atoms with Crippen molar-refractivity contribution in [2.24, 2.45) is 7.05 Å². The van der Waals surface area contributed by atoms with E-state index in [4.69, 9.17) is 0 Å². The first-order chi connectivity index (χ1) is 11.4. The Kier molecular flexibility index (Phi) is 3.35. The molecule has 6 heteroatoms. The molecule has 4 rings (SSSR count). The second-order valence-corrected chi connectivity index (χ2v) is 7.47. The number of rotatable bonds is 2. The van der Waals surface area contributed by atoms with Crippen molar-refractivity contribution >= 4 is 16.8 Å². The molecule has 0 bridgehead atoms. The number of fused-ring (bicyclic) bond motifs is 1. The molecule has 6 nitrogen and oxygen atoms in total. The fraction of sp³-hybridized carbons (Fsp3) is 0.556. The van der Waals surface area contributed by atoms with E-state index in [9.17, 15) is 9.59 Å². The molecule has 1 amide bonds. The van der Waals surface area contributed by atoms with Gasteiger partial charge in [-0.25, -0.2) is 0 Å². The summed E-state index contributed by atoms with van der Waals surface area (Å²) in [6.07, 6.45) is 5.48. The lowest BCUT2D eigenvalue weighted by Gasteiger charge is -2.34. The Morgan fingerprint density at radius 2 is 2.00 bits per heavy atom. The van der Waals surface area contributed by atoms with Crippen LogP contribution in [0.2, 0.25) is 0 Å². The quantitative estimate of drug-likeness (QED) is 0.851. The SMILES string of the molecule is CC(C)N1CCC2(CC1)CN2C(=O)c1cn(C)c(=O)c2[nH]ccc12. The number of amides is 1. The third kappa shape index (κ3) is 2.20. The van der Waals surface area contributed by atoms with Crippen molar-refractivity contribution in [2.75, 3.05) is 19.6 Å². The molecule has 0 saturated carbocycles. The molecule has 2 aromatic heterocycles. The van der Waals surface area contributed by atoms with Crippen molar-refractivity contribution in [1.29, 1.82) is 0 Å². The molecule has 0 radical (unpaired) electrons. The van der Waals surface area contributed by atoms with Gasteiger partial charge in [-0.1, -0.05) is 0 Å². The van der Waals surface area contributed by atoms with Gasteiger partial charge in [-0.2, -0.15) is 0 Å². The zero-order valence-corrected chi connectivity index (χ0v) is 14.5. The van der Waals surface area contributed by atoms with E-state index in [1.165, 1.54) is 4.57 Å². The summed E-state index contributed by atoms with van der Waals surface area (Å²) in [4.78, 5) is 32.6. The Balaban J connectivity index is 1.60. The number of likely N-dealkylation sites (tertiary alicyclic amines) is 1. The third-order valence-electron chi connectivity index (χ3n) is 5.75. The van der Waals surface area contributed by atoms with Crippen molar-refractivity contribution < 1.29 is 4.79 Å². The number of hydrogen-bond donors (Lipinski definition) is 1. The lowest BCUT2D eigenvalue weighted by atomic mass is 9.95. The molecule has 2 saturated heterocycles. The summed E-state index contributed by atoms with van der Waals surface area (Å²) >= 11 is 0. The molecule has 2 aliphatic heterocycles. The van der Waals surface area contributed by atoms with Gasteiger partial charge in [0, 0.05) is 50.5 Å². The number of carbonyl (C=O) groups excluding carboxylic acids is 1. The number of pyridine rings is 1. The average Bonchev–Trinajstić information content (AvgIpc) is 3.03. The molecule has 1 spiro atoms. The first kappa shape index (κ1) is 15.4. The molecule has 1 N–H and O–H groups in total. The molecular formula is C18H24N4O2. The van der Waals surface area contributed by atoms with Gasteiger partial charge in [0.25, 0.3) is 11.5 Å². The second kappa shape index (κ2) is 5.21. The minimum atomic E-state index is -0.0997. The number of H-pyrrole nitrogens is 1. The molecule has 0 aliphatic carbocycles. The predicted octanol–water partition coefficient (Wildman–Crippen LogP) is 1.57. The van der Waals surface area contributed by atoms with Crippen LogP contribution in [0.25, 0.3) is 10.9 Å². The lowest BCUT2D eigenvalue weighted by Crippen LogP contribution is -2.43. The van der Waals surface area contributed by atoms with E-state index in [1.54, 1.807) is 19.4 Å². The molecule has 128 valence electrons. The Bertz CT molecular complexity index is 856. The highest BCUT2D eigenvalue weighted by Gasteiger charge is 2.56. The Morgan fingerprint density at radius 3 is 2.67 bits per heavy atom. The van der Waals surface area contributed by atoms with E-state index in [1.807, 2.05) is 11.0 Å². The van der Waals surface area contributed by atoms with Gasteiger partial charge >= 0.3 is 0 Å². The number of aromatic nitrogens is 2. The van der Waals surface area contributed by atoms with Crippen LogP contribution in [0.5, 0.6) is 0 Å². The first-order valence-corrected chi connectivity index (χ1v) is 8.66. The normalized spacial score (nSPS) is 20.2. The standard InChI is InChI=1S/C18H24N4O2/c1-12(2)21-8-5-18(6-9-21)11-22(18)16(23)14-10-20(3)17(24)15-13(14)4-7-19-15/h4,7,10,12,19H,5-6,8-9,11H2,1-3H3. The van der Waals surface area contributed by atoms with Crippen LogP contribution in [-0.4, -0.2) is 56.5 Å². The Morgan fingerprint density at radius 1 is 1.29 bits per heavy atom. The van der Waals surface area contributed by atoms with E-state index in [-0.39, 0.29) is 17.0 Å². The molecule has 0 atom stereocenters. The van der Waals surface area contributed by atoms with Gasteiger partial charge in [-0.05, 0) is 32.8 Å². The maximum absolute atomic E-state index is 13.1. The van der Waals surface area contributed by atoms with Crippen molar-refractivity contribution in [2.45, 2.75) is 38.3 Å². The highest BCUT2D eigenvalue weighted by Crippen LogP contribution is 2.43. The lowest BCUT2D eigenvalue weighted by molar-refractivity contribution is 0.0807. The summed E-state index contributed by atoms with van der Waals surface area (Å²) in [6, 6.07) is 2.38. The number of carbonyl (C=O) groups is 1. The van der Waals surface area contributed by atoms with Crippen LogP contribution in [0.3, 0.4) is 0 Å². The summed E-state index contributed by atoms with van der Waals surface area (Å²) in [5.41, 5.74) is 1.07. The van der Waals surface area contributed by atoms with E-state index in [2.05, 4.69) is 23.7 Å². The number of aromatic amines is 1. The average molecular weight is 328 g/mol. The van der Waals surface area contributed by atoms with Crippen molar-refractivity contribution in [1.82, 2.24) is 19.4 Å². The molecule has 2 aliphatic rings. The fourth-order valence-electron chi connectivity index (χ4n) is 4.02. The molecule has 0 aromatic carbocycles. The third-order valence-corrected chi connectivity index (χ3v) is 5.75. The smallest absolute Gasteiger partial charge is 0.274 e. The van der Waals surface area contributed by atoms with Crippen LogP contribution in [0.1, 0.15) is 37.0 Å². The number of hydrogen-bond acceptors (Lipinski definition) is 3. The Hall–Kier alpha value is -2.08. The maximum Gasteiger partial charge on any atom is 0.274 e. The van der Waals surface area contributed by atoms with Crippen LogP contribution in [-0.2, 0) is 7.05 Å². The van der Waals surface area contributed by atoms with Gasteiger partial charge in [0.05, 0.1) is 11.1 Å². The predicted molar refractivity (Wildman–Crippen MR) is 93.3 cm³/mol. The van der Waals surface area contributed by atoms with Gasteiger partial charge in [0.15, 0.2) is 0 Å². The molecule has 2 aromatic rings. The summed E-state index contributed by atoms with van der Waals surface area (Å²) in [5.74, 6) is 0.0493. The van der Waals surface area contributed by atoms with E-state index >= 15 is 0 Å². The van der Waals surface area contributed by atoms with Crippen LogP contribution >= 0.6 is 0 Å². The van der Waals surface area contributed by atoms with Gasteiger partial charge < -0.3 is 19.4 Å². The van der Waals surface area contributed by atoms with Crippen LogP contribution < -0.4 is 5.56 Å². The van der Waals surface area contributed by atoms with Gasteiger partial charge in [-0.3, -0.25) is 9.59 Å². The monoisotopic (exact) mass is 328 g/mol. The molecular weight excluding hydrogens is 304 g/mol. The molecule has 4 heterocycles. The van der Waals surface area contributed by atoms with E-state index in [0.29, 0.717) is 17.1 Å². The first-order valence-electron chi connectivity index (χ1n) is 8.66. The number of aryl methyl sites for hydroxylation is 1. The van der Waals surface area contributed by atoms with Gasteiger partial charge in [0.2, 0.25) is 0 Å². The van der Waals surface area contributed by atoms with Crippen LogP contribution in [0.4, 0.5) is 0 Å². The van der Waals surface area contributed by atoms with Gasteiger partial charge in [0.1, 0.15) is 5.52 Å². The second-order valence-electron chi connectivity index (χ2n) is 7.47. The van der Waals surface area contributed by atoms with E-state index in [0.717, 1.165) is 37.9 Å². The van der Waals surface area contributed by atoms with Crippen molar-refractivity contribution in [3.8, 4) is 0 Å². The van der Waals surface area contributed by atoms with Crippen LogP contribution in [0, 0.1) is 0 Å². The maximum atomic E-state index is 13.1. The van der Waals surface area contributed by atoms with Crippen LogP contribution in [0.15, 0.2) is 23.3 Å². The molecule has 24 heavy (non-hydrogen) atoms. The zero-order chi connectivity index (χ0) is 17.1. The highest BCUT2D eigenvalue weighted by molar-refractivity contribution is 6.07. The number of nitrogens with zero attached hydrogens (tertiary/aromatic N) is 3. The summed E-state index contributed by atoms with van der Waals surface area (Å²) in [5, 5.41) is 0.727. The van der Waals surface area contributed by atoms with Gasteiger partial charge in [-0.15, -0.1) is 0 Å². The summed E-state index contributed by atoms with van der Waals surface area (Å²) < 4.78 is 1.49. The summed E-state index contributed by atoms with van der Waals surface area (Å²) in [6.45, 7) is 7.39. The molecule has 2 fully saturated rings. The largest absolute Gasteiger partial charge is 0.357 e. The van der Waals surface area contributed by atoms with Crippen molar-refractivity contribution in [3.63, 3.8) is 0 Å². The minimum Gasteiger partial charge on any atom is -0.357 e. The number of piperidine rings is 1. The minimum absolute atomic E-state index is 0.0415. The zero-order valence-electron chi connectivity index (χ0n) is 14.5. The van der Waals surface area contributed by atoms with Crippen molar-refractivity contribution in [3.05, 3.63) is 34.4 Å². The van der Waals surface area contributed by atoms with E-state index < -0.39 is 0 Å². The Labute approximate surface area is 141 Å². The number of nitrogens with one attached hydrogen (secondary N) is 1.